The van der Waals surface area contributed by atoms with Crippen molar-refractivity contribution in [3.8, 4) is 5.88 Å². The summed E-state index contributed by atoms with van der Waals surface area (Å²) < 4.78 is 12.8. The van der Waals surface area contributed by atoms with E-state index < -0.39 is 6.09 Å². The number of halogens is 1. The van der Waals surface area contributed by atoms with Gasteiger partial charge in [-0.3, -0.25) is 0 Å². The van der Waals surface area contributed by atoms with E-state index in [1.807, 2.05) is 12.1 Å². The molecule has 0 bridgehead atoms. The number of nitrogens with zero attached hydrogens (tertiary/aromatic N) is 1. The second kappa shape index (κ2) is 7.49. The summed E-state index contributed by atoms with van der Waals surface area (Å²) in [5.41, 5.74) is 0. The summed E-state index contributed by atoms with van der Waals surface area (Å²) in [7, 11) is 0. The third-order valence-corrected chi connectivity index (χ3v) is 4.90. The molecule has 0 aromatic carbocycles. The Hall–Kier alpha value is -1.34. The van der Waals surface area contributed by atoms with Crippen molar-refractivity contribution in [2.75, 3.05) is 0 Å². The van der Waals surface area contributed by atoms with Gasteiger partial charge in [-0.25, -0.2) is 9.78 Å². The molecule has 3 rings (SSSR count). The Morgan fingerprint density at radius 1 is 1.17 bits per heavy atom. The fourth-order valence-electron chi connectivity index (χ4n) is 3.12. The topological polar surface area (TPSA) is 80.7 Å². The fourth-order valence-corrected chi connectivity index (χ4v) is 3.35. The molecular formula is C16H21BrN2O4. The maximum absolute atomic E-state index is 10.6. The van der Waals surface area contributed by atoms with E-state index in [1.54, 1.807) is 6.20 Å². The van der Waals surface area contributed by atoms with Crippen LogP contribution in [0.3, 0.4) is 0 Å². The molecule has 0 unspecified atom stereocenters. The highest BCUT2D eigenvalue weighted by Gasteiger charge is 2.35. The summed E-state index contributed by atoms with van der Waals surface area (Å²) in [4.78, 5) is 14.8. The van der Waals surface area contributed by atoms with Crippen LogP contribution in [0.1, 0.15) is 38.5 Å². The van der Waals surface area contributed by atoms with E-state index >= 15 is 0 Å². The average Bonchev–Trinajstić information content (AvgIpc) is 2.48. The molecule has 2 aliphatic rings. The lowest BCUT2D eigenvalue weighted by atomic mass is 9.89. The minimum atomic E-state index is -0.935. The van der Waals surface area contributed by atoms with Gasteiger partial charge in [0.15, 0.2) is 0 Å². The maximum Gasteiger partial charge on any atom is 0.404 e. The van der Waals surface area contributed by atoms with Gasteiger partial charge in [-0.15, -0.1) is 0 Å². The number of aromatic nitrogens is 1. The molecule has 0 saturated heterocycles. The molecule has 1 aromatic rings. The third-order valence-electron chi connectivity index (χ3n) is 4.43. The Kier molecular flexibility index (Phi) is 5.38. The number of hydrogen-bond acceptors (Lipinski definition) is 4. The first-order chi connectivity index (χ1) is 11.1. The van der Waals surface area contributed by atoms with E-state index in [1.165, 1.54) is 0 Å². The molecule has 2 aliphatic carbocycles. The predicted octanol–water partition coefficient (Wildman–Crippen LogP) is 3.35. The van der Waals surface area contributed by atoms with Crippen molar-refractivity contribution >= 4 is 22.0 Å². The van der Waals surface area contributed by atoms with Crippen LogP contribution in [-0.2, 0) is 4.74 Å². The number of amides is 1. The standard InChI is InChI=1S/C16H21BrN2O4/c17-10-1-6-15(18-9-10)23-14-7-13(8-14)22-12-4-2-11(3-5-12)19-16(20)21/h1,6,9,11-14,19H,2-5,7-8H2,(H,20,21). The fraction of sp³-hybridized carbons (Fsp3) is 0.625. The van der Waals surface area contributed by atoms with E-state index in [9.17, 15) is 4.79 Å². The summed E-state index contributed by atoms with van der Waals surface area (Å²) in [5.74, 6) is 0.650. The lowest BCUT2D eigenvalue weighted by molar-refractivity contribution is -0.107. The van der Waals surface area contributed by atoms with E-state index in [2.05, 4.69) is 26.2 Å². The molecule has 0 radical (unpaired) electrons. The molecule has 1 aromatic heterocycles. The molecule has 126 valence electrons. The highest BCUT2D eigenvalue weighted by Crippen LogP contribution is 2.31. The van der Waals surface area contributed by atoms with Crippen molar-refractivity contribution in [3.63, 3.8) is 0 Å². The van der Waals surface area contributed by atoms with E-state index in [0.717, 1.165) is 43.0 Å². The third kappa shape index (κ3) is 4.81. The lowest BCUT2D eigenvalue weighted by Gasteiger charge is -2.38. The zero-order chi connectivity index (χ0) is 16.2. The second-order valence-corrected chi connectivity index (χ2v) is 7.12. The molecule has 2 N–H and O–H groups in total. The highest BCUT2D eigenvalue weighted by atomic mass is 79.9. The predicted molar refractivity (Wildman–Crippen MR) is 87.7 cm³/mol. The zero-order valence-corrected chi connectivity index (χ0v) is 14.4. The molecule has 23 heavy (non-hydrogen) atoms. The molecule has 6 nitrogen and oxygen atoms in total. The summed E-state index contributed by atoms with van der Waals surface area (Å²) in [6.07, 6.45) is 6.81. The van der Waals surface area contributed by atoms with Gasteiger partial charge in [-0.1, -0.05) is 0 Å². The van der Waals surface area contributed by atoms with Crippen LogP contribution in [0.2, 0.25) is 0 Å². The lowest BCUT2D eigenvalue weighted by Crippen LogP contribution is -2.44. The van der Waals surface area contributed by atoms with Gasteiger partial charge in [0.1, 0.15) is 6.10 Å². The molecule has 2 saturated carbocycles. The minimum absolute atomic E-state index is 0.0771. The van der Waals surface area contributed by atoms with Crippen molar-refractivity contribution in [1.29, 1.82) is 0 Å². The molecule has 1 amide bonds. The minimum Gasteiger partial charge on any atom is -0.474 e. The highest BCUT2D eigenvalue weighted by molar-refractivity contribution is 9.10. The van der Waals surface area contributed by atoms with Crippen molar-refractivity contribution in [2.45, 2.75) is 62.9 Å². The van der Waals surface area contributed by atoms with Gasteiger partial charge in [0.05, 0.1) is 12.2 Å². The van der Waals surface area contributed by atoms with E-state index in [-0.39, 0.29) is 24.4 Å². The monoisotopic (exact) mass is 384 g/mol. The number of rotatable bonds is 5. The van der Waals surface area contributed by atoms with Crippen LogP contribution in [-0.4, -0.2) is 40.5 Å². The Morgan fingerprint density at radius 2 is 1.91 bits per heavy atom. The molecular weight excluding hydrogens is 364 g/mol. The van der Waals surface area contributed by atoms with Crippen molar-refractivity contribution in [2.24, 2.45) is 0 Å². The van der Waals surface area contributed by atoms with Crippen LogP contribution in [0.25, 0.3) is 0 Å². The summed E-state index contributed by atoms with van der Waals surface area (Å²) in [6.45, 7) is 0. The summed E-state index contributed by atoms with van der Waals surface area (Å²) in [6, 6.07) is 3.85. The zero-order valence-electron chi connectivity index (χ0n) is 12.8. The summed E-state index contributed by atoms with van der Waals surface area (Å²) >= 11 is 3.35. The molecule has 0 spiro atoms. The Bertz CT molecular complexity index is 525. The van der Waals surface area contributed by atoms with Crippen molar-refractivity contribution < 1.29 is 19.4 Å². The Labute approximate surface area is 143 Å². The van der Waals surface area contributed by atoms with E-state index in [4.69, 9.17) is 14.6 Å². The average molecular weight is 385 g/mol. The quantitative estimate of drug-likeness (QED) is 0.813. The molecule has 0 aliphatic heterocycles. The Balaban J connectivity index is 1.33. The number of hydrogen-bond donors (Lipinski definition) is 2. The molecule has 0 atom stereocenters. The first-order valence-corrected chi connectivity index (χ1v) is 8.81. The van der Waals surface area contributed by atoms with Gasteiger partial charge >= 0.3 is 6.09 Å². The first-order valence-electron chi connectivity index (χ1n) is 8.01. The SMILES string of the molecule is O=C(O)NC1CCC(OC2CC(Oc3ccc(Br)cn3)C2)CC1. The molecule has 1 heterocycles. The molecule has 2 fully saturated rings. The van der Waals surface area contributed by atoms with Crippen LogP contribution in [0.15, 0.2) is 22.8 Å². The number of nitrogens with one attached hydrogen (secondary N) is 1. The number of carbonyl (C=O) groups is 1. The van der Waals surface area contributed by atoms with Crippen molar-refractivity contribution in [1.82, 2.24) is 10.3 Å². The van der Waals surface area contributed by atoms with Gasteiger partial charge in [0.25, 0.3) is 0 Å². The first kappa shape index (κ1) is 16.5. The van der Waals surface area contributed by atoms with Gasteiger partial charge in [0.2, 0.25) is 5.88 Å². The van der Waals surface area contributed by atoms with Crippen LogP contribution in [0.5, 0.6) is 5.88 Å². The van der Waals surface area contributed by atoms with Gasteiger partial charge in [-0.2, -0.15) is 0 Å². The van der Waals surface area contributed by atoms with Crippen LogP contribution >= 0.6 is 15.9 Å². The van der Waals surface area contributed by atoms with Gasteiger partial charge in [0, 0.05) is 35.6 Å². The smallest absolute Gasteiger partial charge is 0.404 e. The van der Waals surface area contributed by atoms with Crippen molar-refractivity contribution in [3.05, 3.63) is 22.8 Å². The number of ether oxygens (including phenoxy) is 2. The normalized spacial score (nSPS) is 30.3. The van der Waals surface area contributed by atoms with Crippen LogP contribution in [0.4, 0.5) is 4.79 Å². The summed E-state index contributed by atoms with van der Waals surface area (Å²) in [5, 5.41) is 11.3. The second-order valence-electron chi connectivity index (χ2n) is 6.21. The number of pyridine rings is 1. The van der Waals surface area contributed by atoms with Gasteiger partial charge in [-0.05, 0) is 47.7 Å². The van der Waals surface area contributed by atoms with Crippen LogP contribution in [0, 0.1) is 0 Å². The van der Waals surface area contributed by atoms with Gasteiger partial charge < -0.3 is 19.9 Å². The number of carboxylic acid groups (broad SMARTS) is 1. The van der Waals surface area contributed by atoms with E-state index in [0.29, 0.717) is 5.88 Å². The largest absolute Gasteiger partial charge is 0.474 e. The van der Waals surface area contributed by atoms with Crippen LogP contribution < -0.4 is 10.1 Å². The molecule has 7 heteroatoms. The maximum atomic E-state index is 10.6. The Morgan fingerprint density at radius 3 is 2.52 bits per heavy atom.